The van der Waals surface area contributed by atoms with Gasteiger partial charge >= 0.3 is 0 Å². The van der Waals surface area contributed by atoms with E-state index >= 15 is 0 Å². The largest absolute Gasteiger partial charge is 0.333 e. The van der Waals surface area contributed by atoms with E-state index in [1.165, 1.54) is 19.3 Å². The summed E-state index contributed by atoms with van der Waals surface area (Å²) in [4.78, 5) is 19.8. The number of aryl methyl sites for hydroxylation is 1. The average molecular weight is 326 g/mol. The molecule has 0 bridgehead atoms. The molecule has 2 aromatic heterocycles. The molecular weight excluding hydrogens is 300 g/mol. The molecule has 0 radical (unpaired) electrons. The normalized spacial score (nSPS) is 24.2. The zero-order chi connectivity index (χ0) is 16.7. The van der Waals surface area contributed by atoms with Gasteiger partial charge in [0.1, 0.15) is 0 Å². The van der Waals surface area contributed by atoms with Crippen molar-refractivity contribution in [1.82, 2.24) is 20.1 Å². The summed E-state index contributed by atoms with van der Waals surface area (Å²) in [6.45, 7) is 4.25. The number of nitrogens with zero attached hydrogens (tertiary/aromatic N) is 3. The van der Waals surface area contributed by atoms with Crippen molar-refractivity contribution in [2.75, 3.05) is 0 Å². The van der Waals surface area contributed by atoms with Gasteiger partial charge in [0.15, 0.2) is 5.65 Å². The van der Waals surface area contributed by atoms with Gasteiger partial charge < -0.3 is 4.90 Å². The molecule has 0 unspecified atom stereocenters. The zero-order valence-electron chi connectivity index (χ0n) is 14.6. The molecule has 0 saturated heterocycles. The number of nitrogens with one attached hydrogen (secondary N) is 1. The average Bonchev–Trinajstić information content (AvgIpc) is 3.38. The van der Waals surface area contributed by atoms with E-state index in [2.05, 4.69) is 27.0 Å². The summed E-state index contributed by atoms with van der Waals surface area (Å²) in [7, 11) is 0. The van der Waals surface area contributed by atoms with Crippen LogP contribution in [0.1, 0.15) is 67.9 Å². The Balaban J connectivity index is 1.58. The summed E-state index contributed by atoms with van der Waals surface area (Å²) in [6, 6.07) is 2.81. The van der Waals surface area contributed by atoms with Gasteiger partial charge in [-0.05, 0) is 57.4 Å². The fourth-order valence-corrected chi connectivity index (χ4v) is 4.10. The molecule has 1 N–H and O–H groups in total. The fraction of sp³-hybridized carbons (Fsp3) is 0.632. The van der Waals surface area contributed by atoms with Crippen molar-refractivity contribution in [2.45, 2.75) is 70.9 Å². The second-order valence-corrected chi connectivity index (χ2v) is 7.47. The molecule has 0 aliphatic heterocycles. The van der Waals surface area contributed by atoms with Gasteiger partial charge in [-0.1, -0.05) is 13.3 Å². The van der Waals surface area contributed by atoms with E-state index in [0.29, 0.717) is 23.3 Å². The molecule has 2 aromatic rings. The predicted molar refractivity (Wildman–Crippen MR) is 93.9 cm³/mol. The van der Waals surface area contributed by atoms with E-state index in [-0.39, 0.29) is 5.91 Å². The number of fused-ring (bicyclic) bond motifs is 1. The molecule has 2 fully saturated rings. The highest BCUT2D eigenvalue weighted by Gasteiger charge is 2.39. The monoisotopic (exact) mass is 326 g/mol. The Morgan fingerprint density at radius 3 is 2.50 bits per heavy atom. The van der Waals surface area contributed by atoms with Crippen molar-refractivity contribution in [2.24, 2.45) is 5.92 Å². The van der Waals surface area contributed by atoms with Crippen LogP contribution in [-0.2, 0) is 0 Å². The lowest BCUT2D eigenvalue weighted by Crippen LogP contribution is -2.44. The molecule has 2 heterocycles. The van der Waals surface area contributed by atoms with Crippen LogP contribution in [0.15, 0.2) is 12.3 Å². The van der Waals surface area contributed by atoms with Crippen molar-refractivity contribution in [3.63, 3.8) is 0 Å². The number of rotatable bonds is 4. The number of hydrogen-bond donors (Lipinski definition) is 1. The third kappa shape index (κ3) is 2.80. The molecule has 2 aliphatic carbocycles. The smallest absolute Gasteiger partial charge is 0.255 e. The fourth-order valence-electron chi connectivity index (χ4n) is 4.10. The summed E-state index contributed by atoms with van der Waals surface area (Å²) in [5, 5.41) is 8.05. The number of aromatic nitrogens is 3. The van der Waals surface area contributed by atoms with Crippen LogP contribution in [0, 0.1) is 12.8 Å². The molecule has 5 nitrogen and oxygen atoms in total. The minimum Gasteiger partial charge on any atom is -0.333 e. The van der Waals surface area contributed by atoms with Crippen LogP contribution in [-0.4, -0.2) is 38.1 Å². The van der Waals surface area contributed by atoms with Gasteiger partial charge in [0, 0.05) is 29.4 Å². The summed E-state index contributed by atoms with van der Waals surface area (Å²) >= 11 is 0. The Bertz CT molecular complexity index is 741. The van der Waals surface area contributed by atoms with Crippen LogP contribution in [0.2, 0.25) is 0 Å². The van der Waals surface area contributed by atoms with E-state index in [9.17, 15) is 4.79 Å². The van der Waals surface area contributed by atoms with Crippen LogP contribution in [0.5, 0.6) is 0 Å². The molecule has 2 saturated carbocycles. The van der Waals surface area contributed by atoms with E-state index in [4.69, 9.17) is 0 Å². The highest BCUT2D eigenvalue weighted by Crippen LogP contribution is 2.37. The van der Waals surface area contributed by atoms with E-state index in [1.807, 2.05) is 13.0 Å². The number of H-pyrrole nitrogens is 1. The lowest BCUT2D eigenvalue weighted by Gasteiger charge is -2.37. The second kappa shape index (κ2) is 6.19. The summed E-state index contributed by atoms with van der Waals surface area (Å²) in [6.07, 6.45) is 10.1. The van der Waals surface area contributed by atoms with Crippen molar-refractivity contribution in [3.8, 4) is 0 Å². The Hall–Kier alpha value is -1.91. The quantitative estimate of drug-likeness (QED) is 0.928. The van der Waals surface area contributed by atoms with Crippen molar-refractivity contribution in [3.05, 3.63) is 23.5 Å². The van der Waals surface area contributed by atoms with Gasteiger partial charge in [-0.2, -0.15) is 5.10 Å². The number of pyridine rings is 1. The van der Waals surface area contributed by atoms with E-state index in [0.717, 1.165) is 42.7 Å². The maximum absolute atomic E-state index is 13.2. The number of hydrogen-bond acceptors (Lipinski definition) is 3. The summed E-state index contributed by atoms with van der Waals surface area (Å²) in [5.74, 6) is 1.01. The maximum Gasteiger partial charge on any atom is 0.255 e. The SMILES string of the molecule is CCC1CCC(N(C(=O)c2cnc3n[nH]c(C)c3c2)C2CC2)CC1. The van der Waals surface area contributed by atoms with Gasteiger partial charge in [-0.15, -0.1) is 0 Å². The molecule has 24 heavy (non-hydrogen) atoms. The second-order valence-electron chi connectivity index (χ2n) is 7.47. The maximum atomic E-state index is 13.2. The first kappa shape index (κ1) is 15.6. The number of carbonyl (C=O) groups excluding carboxylic acids is 1. The molecular formula is C19H26N4O. The van der Waals surface area contributed by atoms with Crippen LogP contribution in [0.4, 0.5) is 0 Å². The zero-order valence-corrected chi connectivity index (χ0v) is 14.6. The Morgan fingerprint density at radius 1 is 1.21 bits per heavy atom. The summed E-state index contributed by atoms with van der Waals surface area (Å²) in [5.41, 5.74) is 2.36. The minimum atomic E-state index is 0.160. The molecule has 5 heteroatoms. The Kier molecular flexibility index (Phi) is 4.02. The standard InChI is InChI=1S/C19H26N4O/c1-3-13-4-6-15(7-5-13)23(16-8-9-16)19(24)14-10-17-12(2)21-22-18(17)20-11-14/h10-11,13,15-16H,3-9H2,1-2H3,(H,20,21,22). The first-order valence-electron chi connectivity index (χ1n) is 9.30. The molecule has 0 aromatic carbocycles. The van der Waals surface area contributed by atoms with Crippen LogP contribution in [0.25, 0.3) is 11.0 Å². The third-order valence-electron chi connectivity index (χ3n) is 5.81. The topological polar surface area (TPSA) is 61.9 Å². The van der Waals surface area contributed by atoms with Gasteiger partial charge in [-0.25, -0.2) is 4.98 Å². The van der Waals surface area contributed by atoms with Gasteiger partial charge in [0.25, 0.3) is 5.91 Å². The predicted octanol–water partition coefficient (Wildman–Crippen LogP) is 3.84. The molecule has 2 aliphatic rings. The molecule has 1 amide bonds. The third-order valence-corrected chi connectivity index (χ3v) is 5.81. The van der Waals surface area contributed by atoms with E-state index < -0.39 is 0 Å². The number of aromatic amines is 1. The highest BCUT2D eigenvalue weighted by molar-refractivity contribution is 5.97. The van der Waals surface area contributed by atoms with Crippen molar-refractivity contribution < 1.29 is 4.79 Å². The molecule has 0 spiro atoms. The van der Waals surface area contributed by atoms with Crippen LogP contribution in [0.3, 0.4) is 0 Å². The van der Waals surface area contributed by atoms with Crippen LogP contribution < -0.4 is 0 Å². The Labute approximate surface area is 142 Å². The molecule has 4 rings (SSSR count). The lowest BCUT2D eigenvalue weighted by atomic mass is 9.83. The van der Waals surface area contributed by atoms with E-state index in [1.54, 1.807) is 6.20 Å². The van der Waals surface area contributed by atoms with Crippen molar-refractivity contribution >= 4 is 16.9 Å². The number of amides is 1. The number of carbonyl (C=O) groups is 1. The van der Waals surface area contributed by atoms with Crippen molar-refractivity contribution in [1.29, 1.82) is 0 Å². The first-order chi connectivity index (χ1) is 11.7. The van der Waals surface area contributed by atoms with Crippen LogP contribution >= 0.6 is 0 Å². The molecule has 128 valence electrons. The minimum absolute atomic E-state index is 0.160. The first-order valence-corrected chi connectivity index (χ1v) is 9.30. The van der Waals surface area contributed by atoms with Gasteiger partial charge in [0.2, 0.25) is 0 Å². The summed E-state index contributed by atoms with van der Waals surface area (Å²) < 4.78 is 0. The Morgan fingerprint density at radius 2 is 1.88 bits per heavy atom. The van der Waals surface area contributed by atoms with Gasteiger partial charge in [0.05, 0.1) is 5.56 Å². The van der Waals surface area contributed by atoms with Gasteiger partial charge in [-0.3, -0.25) is 9.89 Å². The molecule has 0 atom stereocenters. The lowest BCUT2D eigenvalue weighted by molar-refractivity contribution is 0.0587. The highest BCUT2D eigenvalue weighted by atomic mass is 16.2.